The van der Waals surface area contributed by atoms with E-state index in [0.717, 1.165) is 33.9 Å². The van der Waals surface area contributed by atoms with E-state index in [4.69, 9.17) is 19.1 Å². The van der Waals surface area contributed by atoms with Gasteiger partial charge < -0.3 is 4.74 Å². The maximum absolute atomic E-state index is 11.1. The van der Waals surface area contributed by atoms with Crippen LogP contribution in [0.5, 0.6) is 0 Å². The van der Waals surface area contributed by atoms with E-state index in [1.165, 1.54) is 11.3 Å². The Kier molecular flexibility index (Phi) is 8.10. The molecule has 194 valence electrons. The molecule has 1 atom stereocenters. The number of aromatic nitrogens is 2. The lowest BCUT2D eigenvalue weighted by atomic mass is 10.0. The number of hydrazine groups is 1. The first-order valence-corrected chi connectivity index (χ1v) is 14.7. The fourth-order valence-electron chi connectivity index (χ4n) is 3.73. The Morgan fingerprint density at radius 3 is 2.59 bits per heavy atom. The summed E-state index contributed by atoms with van der Waals surface area (Å²) in [4.78, 5) is 15.6. The summed E-state index contributed by atoms with van der Waals surface area (Å²) >= 11 is 3.04. The lowest BCUT2D eigenvalue weighted by Gasteiger charge is -2.27. The van der Waals surface area contributed by atoms with E-state index in [2.05, 4.69) is 15.1 Å². The van der Waals surface area contributed by atoms with Crippen molar-refractivity contribution < 1.29 is 22.5 Å². The first-order valence-electron chi connectivity index (χ1n) is 11.5. The molecule has 4 aromatic rings. The third-order valence-electron chi connectivity index (χ3n) is 5.48. The Hall–Kier alpha value is -2.91. The van der Waals surface area contributed by atoms with Crippen molar-refractivity contribution in [2.45, 2.75) is 18.9 Å². The molecule has 2 aromatic carbocycles. The molecule has 2 aromatic heterocycles. The zero-order chi connectivity index (χ0) is 25.7. The van der Waals surface area contributed by atoms with Crippen molar-refractivity contribution in [3.8, 4) is 10.6 Å². The van der Waals surface area contributed by atoms with Gasteiger partial charge in [-0.05, 0) is 24.1 Å². The van der Waals surface area contributed by atoms with Gasteiger partial charge in [0.1, 0.15) is 11.6 Å². The summed E-state index contributed by atoms with van der Waals surface area (Å²) in [5, 5.41) is 7.19. The van der Waals surface area contributed by atoms with E-state index in [9.17, 15) is 8.42 Å². The lowest BCUT2D eigenvalue weighted by molar-refractivity contribution is 0.0171. The van der Waals surface area contributed by atoms with Crippen molar-refractivity contribution in [2.75, 3.05) is 29.7 Å². The van der Waals surface area contributed by atoms with Gasteiger partial charge >= 0.3 is 10.3 Å². The topological polar surface area (TPSA) is 126 Å². The molecule has 0 amide bonds. The zero-order valence-electron chi connectivity index (χ0n) is 19.6. The molecule has 0 aliphatic carbocycles. The Labute approximate surface area is 222 Å². The van der Waals surface area contributed by atoms with E-state index >= 15 is 0 Å². The second-order valence-corrected chi connectivity index (χ2v) is 11.1. The molecule has 13 heteroatoms. The Balaban J connectivity index is 1.42. The van der Waals surface area contributed by atoms with Gasteiger partial charge in [0.15, 0.2) is 0 Å². The van der Waals surface area contributed by atoms with Crippen LogP contribution in [-0.2, 0) is 32.7 Å². The normalized spacial score (nSPS) is 15.3. The number of fused-ring (bicyclic) bond motifs is 2. The smallest absolute Gasteiger partial charge is 0.357 e. The number of nitrogens with zero attached hydrogens (tertiary/aromatic N) is 3. The predicted octanol–water partition coefficient (Wildman–Crippen LogP) is 4.28. The molecule has 3 heterocycles. The van der Waals surface area contributed by atoms with Crippen LogP contribution >= 0.6 is 22.7 Å². The Bertz CT molecular complexity index is 1410. The number of anilines is 2. The average Bonchev–Trinajstić information content (AvgIpc) is 3.55. The summed E-state index contributed by atoms with van der Waals surface area (Å²) in [7, 11) is -4.34. The maximum Gasteiger partial charge on any atom is 0.357 e. The van der Waals surface area contributed by atoms with Crippen LogP contribution in [0, 0.1) is 0 Å². The van der Waals surface area contributed by atoms with Crippen LogP contribution in [0.1, 0.15) is 23.0 Å². The minimum atomic E-state index is -4.34. The van der Waals surface area contributed by atoms with Gasteiger partial charge in [-0.15, -0.1) is 22.7 Å². The standard InChI is InChI=1S/C24H25N5O5S3/c30-37(31,32)28-19-8-6-17(7-9-19)14-21(22-16-35-23(26-22)18-4-2-1-3-5-18)27-29-24-25-20(15-36-24)10-11-33-12-13-34-29/h1-9,15-16,21,27-28H,10-14H2,(H,30,31,32)/t21-/m0/s1. The number of hydrogen-bond acceptors (Lipinski definition) is 10. The van der Waals surface area contributed by atoms with Gasteiger partial charge in [-0.1, -0.05) is 42.5 Å². The molecule has 2 bridgehead atoms. The van der Waals surface area contributed by atoms with Gasteiger partial charge in [0.05, 0.1) is 36.3 Å². The van der Waals surface area contributed by atoms with Crippen LogP contribution in [0.3, 0.4) is 0 Å². The fourth-order valence-corrected chi connectivity index (χ4v) is 5.83. The van der Waals surface area contributed by atoms with E-state index in [1.54, 1.807) is 40.8 Å². The zero-order valence-corrected chi connectivity index (χ0v) is 22.1. The molecule has 0 unspecified atom stereocenters. The first-order chi connectivity index (χ1) is 17.9. The molecule has 1 aliphatic rings. The summed E-state index contributed by atoms with van der Waals surface area (Å²) in [5.74, 6) is 0. The minimum Gasteiger partial charge on any atom is -0.379 e. The highest BCUT2D eigenvalue weighted by molar-refractivity contribution is 7.87. The summed E-state index contributed by atoms with van der Waals surface area (Å²) in [6.07, 6.45) is 1.27. The van der Waals surface area contributed by atoms with Gasteiger partial charge in [0, 0.05) is 22.7 Å². The number of hydrogen-bond donors (Lipinski definition) is 3. The van der Waals surface area contributed by atoms with Crippen LogP contribution in [-0.4, -0.2) is 42.8 Å². The second kappa shape index (κ2) is 11.6. The fraction of sp³-hybridized carbons (Fsp3) is 0.250. The minimum absolute atomic E-state index is 0.269. The molecule has 0 spiro atoms. The van der Waals surface area contributed by atoms with Crippen molar-refractivity contribution in [1.82, 2.24) is 15.4 Å². The monoisotopic (exact) mass is 559 g/mol. The molecule has 3 N–H and O–H groups in total. The van der Waals surface area contributed by atoms with E-state index < -0.39 is 10.3 Å². The summed E-state index contributed by atoms with van der Waals surface area (Å²) in [6, 6.07) is 16.5. The molecule has 5 rings (SSSR count). The quantitative estimate of drug-likeness (QED) is 0.271. The SMILES string of the molecule is O=S(=O)(O)Nc1ccc(C[C@H](NN2OCCOCCc3csc2n3)c2csc(-c3ccccc3)n2)cc1. The average molecular weight is 560 g/mol. The number of rotatable bonds is 8. The number of nitrogens with one attached hydrogen (secondary N) is 2. The van der Waals surface area contributed by atoms with Crippen LogP contribution in [0.2, 0.25) is 0 Å². The van der Waals surface area contributed by atoms with Crippen LogP contribution in [0.15, 0.2) is 65.4 Å². The summed E-state index contributed by atoms with van der Waals surface area (Å²) in [5.41, 5.74) is 7.45. The van der Waals surface area contributed by atoms with Crippen molar-refractivity contribution in [2.24, 2.45) is 0 Å². The summed E-state index contributed by atoms with van der Waals surface area (Å²) in [6.45, 7) is 1.42. The molecule has 0 fully saturated rings. The molecule has 10 nitrogen and oxygen atoms in total. The molecule has 0 saturated carbocycles. The molecule has 1 aliphatic heterocycles. The predicted molar refractivity (Wildman–Crippen MR) is 144 cm³/mol. The van der Waals surface area contributed by atoms with E-state index in [-0.39, 0.29) is 11.7 Å². The van der Waals surface area contributed by atoms with Gasteiger partial charge in [-0.25, -0.2) is 9.97 Å². The van der Waals surface area contributed by atoms with Gasteiger partial charge in [0.2, 0.25) is 5.13 Å². The molecule has 0 radical (unpaired) electrons. The largest absolute Gasteiger partial charge is 0.379 e. The highest BCUT2D eigenvalue weighted by Gasteiger charge is 2.23. The van der Waals surface area contributed by atoms with E-state index in [1.807, 2.05) is 41.1 Å². The molecule has 0 saturated heterocycles. The van der Waals surface area contributed by atoms with Crippen molar-refractivity contribution >= 4 is 43.8 Å². The third kappa shape index (κ3) is 7.11. The van der Waals surface area contributed by atoms with Gasteiger partial charge in [-0.2, -0.15) is 19.0 Å². The maximum atomic E-state index is 11.1. The second-order valence-electron chi connectivity index (χ2n) is 8.21. The number of ether oxygens (including phenoxy) is 1. The summed E-state index contributed by atoms with van der Waals surface area (Å²) < 4.78 is 39.0. The van der Waals surface area contributed by atoms with Crippen molar-refractivity contribution in [3.63, 3.8) is 0 Å². The molecule has 37 heavy (non-hydrogen) atoms. The third-order valence-corrected chi connectivity index (χ3v) is 7.74. The lowest BCUT2D eigenvalue weighted by Crippen LogP contribution is -2.42. The Morgan fingerprint density at radius 2 is 1.81 bits per heavy atom. The van der Waals surface area contributed by atoms with Gasteiger partial charge in [0.25, 0.3) is 0 Å². The van der Waals surface area contributed by atoms with Crippen LogP contribution in [0.4, 0.5) is 10.8 Å². The number of thiazole rings is 2. The van der Waals surface area contributed by atoms with E-state index in [0.29, 0.717) is 31.4 Å². The highest BCUT2D eigenvalue weighted by Crippen LogP contribution is 2.30. The van der Waals surface area contributed by atoms with Crippen LogP contribution in [0.25, 0.3) is 10.6 Å². The number of benzene rings is 2. The van der Waals surface area contributed by atoms with Crippen LogP contribution < -0.4 is 15.3 Å². The van der Waals surface area contributed by atoms with Crippen molar-refractivity contribution in [1.29, 1.82) is 0 Å². The molecular formula is C24H25N5O5S3. The molecular weight excluding hydrogens is 534 g/mol. The Morgan fingerprint density at radius 1 is 1.00 bits per heavy atom. The highest BCUT2D eigenvalue weighted by atomic mass is 32.2. The first kappa shape index (κ1) is 25.7. The van der Waals surface area contributed by atoms with Crippen molar-refractivity contribution in [3.05, 3.63) is 82.3 Å². The van der Waals surface area contributed by atoms with Gasteiger partial charge in [-0.3, -0.25) is 14.1 Å².